The number of halogens is 2. The summed E-state index contributed by atoms with van der Waals surface area (Å²) in [6.07, 6.45) is 4.06. The van der Waals surface area contributed by atoms with Crippen molar-refractivity contribution in [2.24, 2.45) is 0 Å². The van der Waals surface area contributed by atoms with Crippen LogP contribution in [0.25, 0.3) is 12.2 Å². The summed E-state index contributed by atoms with van der Waals surface area (Å²) in [5.74, 6) is 0.168. The number of hydrogen-bond acceptors (Lipinski definition) is 4. The van der Waals surface area contributed by atoms with E-state index < -0.39 is 0 Å². The van der Waals surface area contributed by atoms with Crippen molar-refractivity contribution in [2.45, 2.75) is 19.9 Å². The number of thiophene rings is 2. The predicted octanol–water partition coefficient (Wildman–Crippen LogP) is 6.09. The number of carbonyl (C=O) groups is 1. The minimum Gasteiger partial charge on any atom is -0.292 e. The average molecular weight is 487 g/mol. The molecule has 0 saturated carbocycles. The van der Waals surface area contributed by atoms with E-state index in [0.29, 0.717) is 19.1 Å². The summed E-state index contributed by atoms with van der Waals surface area (Å²) < 4.78 is 2.16. The number of piperidine rings is 1. The standard InChI is InChI=1S/C18H17Br2NOS2/c1-11(2)21-9-12(7-14-3-5-16(19)23-14)18(22)13(10-21)8-15-4-6-17(20)24-15/h3-8,11H,9-10H2,1-2H3. The smallest absolute Gasteiger partial charge is 0.187 e. The number of rotatable bonds is 3. The van der Waals surface area contributed by atoms with Crippen molar-refractivity contribution in [3.8, 4) is 0 Å². The first-order valence-corrected chi connectivity index (χ1v) is 10.8. The minimum absolute atomic E-state index is 0.168. The third-order valence-electron chi connectivity index (χ3n) is 3.88. The largest absolute Gasteiger partial charge is 0.292 e. The molecule has 0 bridgehead atoms. The molecule has 24 heavy (non-hydrogen) atoms. The second-order valence-electron chi connectivity index (χ2n) is 5.95. The predicted molar refractivity (Wildman–Crippen MR) is 112 cm³/mol. The molecule has 0 N–H and O–H groups in total. The Bertz CT molecular complexity index is 754. The molecule has 0 aromatic carbocycles. The Balaban J connectivity index is 1.95. The molecule has 2 aromatic heterocycles. The lowest BCUT2D eigenvalue weighted by molar-refractivity contribution is -0.113. The topological polar surface area (TPSA) is 20.3 Å². The van der Waals surface area contributed by atoms with Crippen LogP contribution in [0.15, 0.2) is 43.0 Å². The van der Waals surface area contributed by atoms with Crippen LogP contribution in [0.1, 0.15) is 23.6 Å². The van der Waals surface area contributed by atoms with Crippen LogP contribution >= 0.6 is 54.5 Å². The zero-order valence-electron chi connectivity index (χ0n) is 13.4. The van der Waals surface area contributed by atoms with Gasteiger partial charge in [-0.05, 0) is 82.1 Å². The zero-order valence-corrected chi connectivity index (χ0v) is 18.2. The number of ketones is 1. The molecule has 0 amide bonds. The van der Waals surface area contributed by atoms with Crippen molar-refractivity contribution >= 4 is 72.5 Å². The van der Waals surface area contributed by atoms with Gasteiger partial charge in [0, 0.05) is 40.0 Å². The van der Waals surface area contributed by atoms with E-state index in [1.54, 1.807) is 22.7 Å². The molecule has 0 spiro atoms. The SMILES string of the molecule is CC(C)N1CC(=Cc2ccc(Br)s2)C(=O)C(=Cc2ccc(Br)s2)C1. The maximum Gasteiger partial charge on any atom is 0.187 e. The Morgan fingerprint density at radius 3 is 1.75 bits per heavy atom. The van der Waals surface area contributed by atoms with Gasteiger partial charge in [0.2, 0.25) is 0 Å². The number of nitrogens with zero attached hydrogens (tertiary/aromatic N) is 1. The highest BCUT2D eigenvalue weighted by Crippen LogP contribution is 2.29. The molecule has 3 heterocycles. The maximum atomic E-state index is 12.9. The third-order valence-corrected chi connectivity index (χ3v) is 7.02. The number of likely N-dealkylation sites (tertiary alicyclic amines) is 1. The summed E-state index contributed by atoms with van der Waals surface area (Å²) in [5.41, 5.74) is 1.73. The summed E-state index contributed by atoms with van der Waals surface area (Å²) in [4.78, 5) is 17.5. The van der Waals surface area contributed by atoms with Crippen molar-refractivity contribution in [2.75, 3.05) is 13.1 Å². The molecule has 1 aliphatic rings. The van der Waals surface area contributed by atoms with Crippen LogP contribution in [-0.4, -0.2) is 29.8 Å². The molecule has 2 nitrogen and oxygen atoms in total. The van der Waals surface area contributed by atoms with E-state index in [4.69, 9.17) is 0 Å². The van der Waals surface area contributed by atoms with Gasteiger partial charge in [-0.3, -0.25) is 9.69 Å². The summed E-state index contributed by atoms with van der Waals surface area (Å²) in [5, 5.41) is 0. The number of Topliss-reactive ketones (excluding diaryl/α,β-unsaturated/α-hetero) is 1. The second kappa shape index (κ2) is 7.79. The first-order chi connectivity index (χ1) is 11.4. The van der Waals surface area contributed by atoms with E-state index in [1.807, 2.05) is 36.4 Å². The quantitative estimate of drug-likeness (QED) is 0.489. The van der Waals surface area contributed by atoms with Gasteiger partial charge < -0.3 is 0 Å². The summed E-state index contributed by atoms with van der Waals surface area (Å²) >= 11 is 10.3. The van der Waals surface area contributed by atoms with Crippen LogP contribution < -0.4 is 0 Å². The van der Waals surface area contributed by atoms with E-state index >= 15 is 0 Å². The molecule has 1 aliphatic heterocycles. The Hall–Kier alpha value is -0.530. The van der Waals surface area contributed by atoms with Crippen LogP contribution in [0.3, 0.4) is 0 Å². The average Bonchev–Trinajstić information content (AvgIpc) is 3.11. The molecule has 0 atom stereocenters. The number of hydrogen-bond donors (Lipinski definition) is 0. The first kappa shape index (κ1) is 18.3. The highest BCUT2D eigenvalue weighted by Gasteiger charge is 2.27. The Morgan fingerprint density at radius 1 is 0.958 bits per heavy atom. The number of carbonyl (C=O) groups excluding carboxylic acids is 1. The van der Waals surface area contributed by atoms with Crippen LogP contribution in [0.4, 0.5) is 0 Å². The highest BCUT2D eigenvalue weighted by atomic mass is 79.9. The molecule has 1 saturated heterocycles. The van der Waals surface area contributed by atoms with Crippen molar-refractivity contribution < 1.29 is 4.79 Å². The van der Waals surface area contributed by atoms with Gasteiger partial charge in [-0.25, -0.2) is 0 Å². The van der Waals surface area contributed by atoms with Crippen LogP contribution in [-0.2, 0) is 4.79 Å². The van der Waals surface area contributed by atoms with Gasteiger partial charge in [-0.2, -0.15) is 0 Å². The van der Waals surface area contributed by atoms with Gasteiger partial charge in [0.1, 0.15) is 0 Å². The molecule has 3 rings (SSSR count). The van der Waals surface area contributed by atoms with Crippen molar-refractivity contribution in [3.05, 3.63) is 52.7 Å². The van der Waals surface area contributed by atoms with Crippen LogP contribution in [0.2, 0.25) is 0 Å². The van der Waals surface area contributed by atoms with Gasteiger partial charge >= 0.3 is 0 Å². The lowest BCUT2D eigenvalue weighted by atomic mass is 9.95. The van der Waals surface area contributed by atoms with Crippen molar-refractivity contribution in [1.82, 2.24) is 4.90 Å². The normalized spacial score (nSPS) is 19.8. The van der Waals surface area contributed by atoms with E-state index in [2.05, 4.69) is 50.6 Å². The molecule has 0 radical (unpaired) electrons. The lowest BCUT2D eigenvalue weighted by Gasteiger charge is -2.32. The van der Waals surface area contributed by atoms with E-state index in [9.17, 15) is 4.79 Å². The fraction of sp³-hybridized carbons (Fsp3) is 0.278. The fourth-order valence-corrected chi connectivity index (χ4v) is 5.37. The van der Waals surface area contributed by atoms with E-state index in [1.165, 1.54) is 0 Å². The van der Waals surface area contributed by atoms with Crippen LogP contribution in [0, 0.1) is 0 Å². The molecule has 1 fully saturated rings. The molecule has 2 aromatic rings. The molecule has 126 valence electrons. The van der Waals surface area contributed by atoms with Crippen LogP contribution in [0.5, 0.6) is 0 Å². The minimum atomic E-state index is 0.168. The van der Waals surface area contributed by atoms with Gasteiger partial charge in [0.05, 0.1) is 7.57 Å². The highest BCUT2D eigenvalue weighted by molar-refractivity contribution is 9.11. The van der Waals surface area contributed by atoms with Gasteiger partial charge in [-0.15, -0.1) is 22.7 Å². The Morgan fingerprint density at radius 2 is 1.42 bits per heavy atom. The fourth-order valence-electron chi connectivity index (χ4n) is 2.59. The van der Waals surface area contributed by atoms with Gasteiger partial charge in [-0.1, -0.05) is 0 Å². The zero-order chi connectivity index (χ0) is 17.3. The van der Waals surface area contributed by atoms with E-state index in [-0.39, 0.29) is 5.78 Å². The van der Waals surface area contributed by atoms with Gasteiger partial charge in [0.15, 0.2) is 5.78 Å². The van der Waals surface area contributed by atoms with E-state index in [0.717, 1.165) is 28.5 Å². The Labute approximate surface area is 167 Å². The molecule has 0 unspecified atom stereocenters. The molecular formula is C18H17Br2NOS2. The van der Waals surface area contributed by atoms with Gasteiger partial charge in [0.25, 0.3) is 0 Å². The maximum absolute atomic E-state index is 12.9. The summed E-state index contributed by atoms with van der Waals surface area (Å²) in [7, 11) is 0. The van der Waals surface area contributed by atoms with Crippen molar-refractivity contribution in [1.29, 1.82) is 0 Å². The monoisotopic (exact) mass is 485 g/mol. The third kappa shape index (κ3) is 4.35. The first-order valence-electron chi connectivity index (χ1n) is 7.63. The summed E-state index contributed by atoms with van der Waals surface area (Å²) in [6.45, 7) is 5.76. The lowest BCUT2D eigenvalue weighted by Crippen LogP contribution is -2.41. The second-order valence-corrected chi connectivity index (χ2v) is 10.9. The Kier molecular flexibility index (Phi) is 5.93. The molecule has 0 aliphatic carbocycles. The summed E-state index contributed by atoms with van der Waals surface area (Å²) in [6, 6.07) is 8.52. The molecular weight excluding hydrogens is 470 g/mol. The molecule has 6 heteroatoms. The van der Waals surface area contributed by atoms with Crippen molar-refractivity contribution in [3.63, 3.8) is 0 Å².